The summed E-state index contributed by atoms with van der Waals surface area (Å²) in [6.45, 7) is 8.67. The van der Waals surface area contributed by atoms with Crippen LogP contribution in [0.2, 0.25) is 0 Å². The molecule has 4 rings (SSSR count). The fourth-order valence-electron chi connectivity index (χ4n) is 1.49. The van der Waals surface area contributed by atoms with Gasteiger partial charge in [-0.15, -0.1) is 0 Å². The van der Waals surface area contributed by atoms with Crippen LogP contribution in [-0.2, 0) is 4.57 Å². The zero-order chi connectivity index (χ0) is 18.6. The molecule has 0 aliphatic carbocycles. The highest BCUT2D eigenvalue weighted by atomic mass is 35.5. The Hall–Kier alpha value is -1.08. The lowest BCUT2D eigenvalue weighted by Gasteiger charge is -2.36. The molecule has 14 heteroatoms. The minimum absolute atomic E-state index is 0. The van der Waals surface area contributed by atoms with Gasteiger partial charge in [-0.1, -0.05) is 0 Å². The van der Waals surface area contributed by atoms with E-state index in [9.17, 15) is 0 Å². The van der Waals surface area contributed by atoms with Gasteiger partial charge in [0.15, 0.2) is 25.4 Å². The Balaban J connectivity index is 0. The van der Waals surface area contributed by atoms with Crippen molar-refractivity contribution in [1.82, 2.24) is 0 Å². The lowest BCUT2D eigenvalue weighted by molar-refractivity contribution is -0.518. The number of phosphoric acid groups is 1. The van der Waals surface area contributed by atoms with Gasteiger partial charge in [0, 0.05) is 0 Å². The third-order valence-electron chi connectivity index (χ3n) is 2.54. The second kappa shape index (κ2) is 20.2. The number of nitrogens with two attached hydrogens (primary N) is 4. The third-order valence-corrected chi connectivity index (χ3v) is 2.54. The Morgan fingerprint density at radius 1 is 0.615 bits per heavy atom. The number of hydrogen-bond donors (Lipinski definition) is 4. The molecule has 26 heavy (non-hydrogen) atoms. The average molecular weight is 415 g/mol. The largest absolute Gasteiger partial charge is 1.00 e. The molecule has 0 aromatic rings. The van der Waals surface area contributed by atoms with Crippen molar-refractivity contribution >= 4 is 33.2 Å². The van der Waals surface area contributed by atoms with E-state index in [1.165, 1.54) is 0 Å². The maximum atomic E-state index is 8.55. The molecule has 0 aromatic carbocycles. The lowest BCUT2D eigenvalue weighted by Crippen LogP contribution is -3.00. The summed E-state index contributed by atoms with van der Waals surface area (Å²) in [5.74, 6) is 0. The van der Waals surface area contributed by atoms with Crippen molar-refractivity contribution in [1.29, 1.82) is 0 Å². The molecule has 0 radical (unpaired) electrons. The van der Waals surface area contributed by atoms with Crippen LogP contribution in [0.15, 0.2) is 20.0 Å². The van der Waals surface area contributed by atoms with Crippen LogP contribution in [0.3, 0.4) is 0 Å². The molecule has 0 saturated heterocycles. The lowest BCUT2D eigenvalue weighted by atomic mass is 10.7. The summed E-state index contributed by atoms with van der Waals surface area (Å²) >= 11 is 0. The summed E-state index contributed by atoms with van der Waals surface area (Å²) in [6, 6.07) is 0. The van der Waals surface area contributed by atoms with Crippen molar-refractivity contribution in [2.75, 3.05) is 52.4 Å². The van der Waals surface area contributed by atoms with Gasteiger partial charge in [-0.25, -0.2) is 20.0 Å². The van der Waals surface area contributed by atoms with Gasteiger partial charge >= 0.3 is 0 Å². The molecule has 0 spiro atoms. The van der Waals surface area contributed by atoms with Gasteiger partial charge in [-0.3, -0.25) is 0 Å². The molecule has 8 N–H and O–H groups in total. The molecule has 0 bridgehead atoms. The molecule has 4 aliphatic heterocycles. The van der Waals surface area contributed by atoms with E-state index in [4.69, 9.17) is 19.2 Å². The van der Waals surface area contributed by atoms with Gasteiger partial charge in [0.1, 0.15) is 26.2 Å². The fraction of sp³-hybridized carbons (Fsp3) is 0.667. The highest BCUT2D eigenvalue weighted by Gasteiger charge is 1.90. The molecule has 0 unspecified atom stereocenters. The van der Waals surface area contributed by atoms with Crippen LogP contribution in [0.1, 0.15) is 0 Å². The number of halogens is 1. The summed E-state index contributed by atoms with van der Waals surface area (Å²) in [7, 11) is -5.39. The van der Waals surface area contributed by atoms with E-state index in [1.54, 1.807) is 0 Å². The predicted molar refractivity (Wildman–Crippen MR) is 88.2 cm³/mol. The number of aliphatic imine (C=N–C) groups is 4. The molecule has 0 aromatic heterocycles. The molecule has 152 valence electrons. The minimum atomic E-state index is -5.39. The van der Waals surface area contributed by atoms with E-state index in [0.29, 0.717) is 0 Å². The molecule has 12 nitrogen and oxygen atoms in total. The maximum absolute atomic E-state index is 8.55. The van der Waals surface area contributed by atoms with Gasteiger partial charge in [0.25, 0.3) is 0 Å². The zero-order valence-electron chi connectivity index (χ0n) is 14.5. The van der Waals surface area contributed by atoms with Crippen molar-refractivity contribution in [2.24, 2.45) is 20.0 Å². The van der Waals surface area contributed by atoms with E-state index < -0.39 is 7.82 Å². The summed E-state index contributed by atoms with van der Waals surface area (Å²) in [4.78, 5) is 41.3. The van der Waals surface area contributed by atoms with Crippen molar-refractivity contribution in [3.8, 4) is 0 Å². The van der Waals surface area contributed by atoms with Crippen LogP contribution in [0.4, 0.5) is 0 Å². The Kier molecular flexibility index (Phi) is 21.1. The van der Waals surface area contributed by atoms with Gasteiger partial charge in [0.05, 0.1) is 26.2 Å². The third kappa shape index (κ3) is 30.8. The Bertz CT molecular complexity index is 376. The first kappa shape index (κ1) is 27.1. The summed E-state index contributed by atoms with van der Waals surface area (Å²) < 4.78 is 8.55. The minimum Gasteiger partial charge on any atom is -1.00 e. The first-order valence-corrected chi connectivity index (χ1v) is 9.45. The smallest absolute Gasteiger partial charge is 0.182 e. The van der Waals surface area contributed by atoms with E-state index >= 15 is 0 Å². The molecule has 0 fully saturated rings. The summed E-state index contributed by atoms with van der Waals surface area (Å²) in [5, 5.41) is 8.28. The van der Waals surface area contributed by atoms with Gasteiger partial charge in [-0.05, 0) is 0 Å². The summed E-state index contributed by atoms with van der Waals surface area (Å²) in [6.07, 6.45) is 7.44. The quantitative estimate of drug-likeness (QED) is 0.285. The summed E-state index contributed by atoms with van der Waals surface area (Å²) in [5.41, 5.74) is 0. The Labute approximate surface area is 159 Å². The second-order valence-electron chi connectivity index (χ2n) is 4.77. The second-order valence-corrected chi connectivity index (χ2v) is 5.66. The maximum Gasteiger partial charge on any atom is 0.182 e. The van der Waals surface area contributed by atoms with Gasteiger partial charge < -0.3 is 52.9 Å². The van der Waals surface area contributed by atoms with Crippen LogP contribution < -0.4 is 48.4 Å². The molecule has 4 heterocycles. The van der Waals surface area contributed by atoms with Gasteiger partial charge in [-0.2, -0.15) is 7.82 Å². The monoisotopic (exact) mass is 414 g/mol. The van der Waals surface area contributed by atoms with Crippen molar-refractivity contribution in [3.05, 3.63) is 0 Å². The molecule has 0 amide bonds. The van der Waals surface area contributed by atoms with Crippen LogP contribution >= 0.6 is 7.82 Å². The fourth-order valence-corrected chi connectivity index (χ4v) is 1.49. The number of quaternary nitrogens is 4. The van der Waals surface area contributed by atoms with Crippen LogP contribution in [0, 0.1) is 0 Å². The van der Waals surface area contributed by atoms with Crippen molar-refractivity contribution in [3.63, 3.8) is 0 Å². The first-order valence-electron chi connectivity index (χ1n) is 7.99. The average Bonchev–Trinajstić information content (AvgIpc) is 3.46. The van der Waals surface area contributed by atoms with Crippen LogP contribution in [-0.4, -0.2) is 77.7 Å². The Morgan fingerprint density at radius 3 is 0.846 bits per heavy atom. The molecule has 4 aliphatic rings. The zero-order valence-corrected chi connectivity index (χ0v) is 16.2. The molecule has 0 atom stereocenters. The van der Waals surface area contributed by atoms with E-state index in [-0.39, 0.29) is 12.4 Å². The standard InChI is InChI=1S/4C3H6N2.ClH.H3O4P/c4*1-2-5-3-4-1;;1-5(2,3)4/h4*3H,1-2H2,(H,4,5);1H;(H3,1,2,3,4). The van der Waals surface area contributed by atoms with E-state index in [2.05, 4.69) is 41.2 Å². The molecular formula is C12H28ClN8O4P. The van der Waals surface area contributed by atoms with E-state index in [0.717, 1.165) is 52.4 Å². The van der Waals surface area contributed by atoms with Crippen molar-refractivity contribution < 1.29 is 52.9 Å². The van der Waals surface area contributed by atoms with Crippen LogP contribution in [0.5, 0.6) is 0 Å². The van der Waals surface area contributed by atoms with Crippen LogP contribution in [0.25, 0.3) is 0 Å². The van der Waals surface area contributed by atoms with Gasteiger partial charge in [0.2, 0.25) is 0 Å². The number of nitrogens with zero attached hydrogens (tertiary/aromatic N) is 4. The molecular weight excluding hydrogens is 387 g/mol. The predicted octanol–water partition coefficient (Wildman–Crippen LogP) is -11.5. The van der Waals surface area contributed by atoms with Crippen molar-refractivity contribution in [2.45, 2.75) is 0 Å². The highest BCUT2D eigenvalue weighted by molar-refractivity contribution is 7.40. The normalized spacial score (nSPS) is 18.3. The van der Waals surface area contributed by atoms with E-state index in [1.807, 2.05) is 25.4 Å². The SMILES string of the molecule is C1=NCC[NH2+]1.C1=NCC[NH2+]1.C1=NCC[NH2+]1.C1=NCC[NH2+]1.O=P([O-])([O-])[O-].[Cl-]. The molecule has 0 saturated carbocycles. The topological polar surface area (TPSA) is 202 Å². The number of rotatable bonds is 0. The Morgan fingerprint density at radius 2 is 0.808 bits per heavy atom. The first-order chi connectivity index (χ1) is 12.0. The highest BCUT2D eigenvalue weighted by Crippen LogP contribution is 2.03. The number of hydrogen-bond acceptors (Lipinski definition) is 8.